The molecule has 0 bridgehead atoms. The number of aliphatic carboxylic acids is 1. The normalized spacial score (nSPS) is 22.7. The Balaban J connectivity index is 1.35. The molecule has 2 aromatic rings. The van der Waals surface area contributed by atoms with Crippen LogP contribution in [0.3, 0.4) is 0 Å². The van der Waals surface area contributed by atoms with E-state index < -0.39 is 98.0 Å². The number of carboxylic acid groups (broad SMARTS) is 1. The Morgan fingerprint density at radius 3 is 2.18 bits per heavy atom. The minimum Gasteiger partial charge on any atom is -0.511 e. The minimum absolute atomic E-state index is 0.00883. The third-order valence-electron chi connectivity index (χ3n) is 9.41. The Morgan fingerprint density at radius 1 is 1.04 bits per heavy atom. The molecule has 0 radical (unpaired) electrons. The molecular weight excluding hydrogens is 843 g/mol. The van der Waals surface area contributed by atoms with Gasteiger partial charge in [0.1, 0.15) is 31.1 Å². The highest BCUT2D eigenvalue weighted by molar-refractivity contribution is 7.91. The average molecular weight is 882 g/mol. The van der Waals surface area contributed by atoms with Crippen molar-refractivity contribution in [2.75, 3.05) is 29.7 Å². The zero-order valence-corrected chi connectivity index (χ0v) is 35.0. The van der Waals surface area contributed by atoms with Crippen LogP contribution in [-0.4, -0.2) is 108 Å². The predicted molar refractivity (Wildman–Crippen MR) is 205 cm³/mol. The van der Waals surface area contributed by atoms with Gasteiger partial charge in [-0.3, -0.25) is 4.79 Å². The van der Waals surface area contributed by atoms with Crippen LogP contribution in [0, 0.1) is 11.3 Å². The Labute approximate surface area is 326 Å². The molecule has 5 heterocycles. The zero-order chi connectivity index (χ0) is 40.6. The van der Waals surface area contributed by atoms with E-state index in [-0.39, 0.29) is 51.0 Å². The number of fused-ring (bicyclic) bond motifs is 2. The molecule has 3 aliphatic heterocycles. The van der Waals surface area contributed by atoms with Crippen molar-refractivity contribution in [1.82, 2.24) is 13.9 Å². The smallest absolute Gasteiger partial charge is 0.329 e. The highest BCUT2D eigenvalue weighted by Crippen LogP contribution is 2.45. The van der Waals surface area contributed by atoms with Crippen LogP contribution < -0.4 is 15.4 Å². The number of carbonyl (C=O) groups is 2. The lowest BCUT2D eigenvalue weighted by Crippen LogP contribution is -2.52. The number of thiophene rings is 2. The first-order valence-corrected chi connectivity index (χ1v) is 25.0. The molecule has 1 amide bonds. The molecule has 2 aromatic heterocycles. The number of sulfonamides is 4. The number of hydrogen-bond donors (Lipinski definition) is 5. The lowest BCUT2D eigenvalue weighted by molar-refractivity contribution is -0.139. The number of anilines is 2. The molecule has 25 heteroatoms. The molecular formula is C30H39N7O12S6. The van der Waals surface area contributed by atoms with Crippen LogP contribution in [0.15, 0.2) is 40.7 Å². The van der Waals surface area contributed by atoms with E-state index in [0.717, 1.165) is 48.2 Å². The Morgan fingerprint density at radius 2 is 1.62 bits per heavy atom. The number of carbonyl (C=O) groups excluding carboxylic acids is 1. The molecule has 1 fully saturated rings. The monoisotopic (exact) mass is 881 g/mol. The summed E-state index contributed by atoms with van der Waals surface area (Å²) in [4.78, 5) is 27.3. The van der Waals surface area contributed by atoms with Gasteiger partial charge in [0.25, 0.3) is 26.0 Å². The van der Waals surface area contributed by atoms with Crippen LogP contribution in [0.1, 0.15) is 57.6 Å². The quantitative estimate of drug-likeness (QED) is 0.182. The highest BCUT2D eigenvalue weighted by atomic mass is 32.2. The molecule has 6 rings (SSSR count). The fourth-order valence-electron chi connectivity index (χ4n) is 6.49. The van der Waals surface area contributed by atoms with Gasteiger partial charge in [-0.05, 0) is 42.4 Å². The molecule has 2 unspecified atom stereocenters. The standard InChI is InChI=1S/C30H39N7O12S6/c1-15(2)8-9-30(3)14-36(18-6-7-18)28(39)19(23(30)38)24-32-27-22(55(48,49)34-24)17(13-51-27)11-37(53(5,44)45)20(29(40)41)25-33-26-21(54(46,47)35-25)16(12-50-26)10-31-52(4,42)43/h12-13,15,18,20,31,38H,6-11,14H2,1-5H3,(H,32,34)(H,33,35)(H,40,41). The highest BCUT2D eigenvalue weighted by Gasteiger charge is 2.49. The van der Waals surface area contributed by atoms with Gasteiger partial charge in [-0.1, -0.05) is 20.8 Å². The second-order valence-electron chi connectivity index (χ2n) is 14.5. The molecule has 2 atom stereocenters. The largest absolute Gasteiger partial charge is 0.511 e. The molecule has 19 nitrogen and oxygen atoms in total. The van der Waals surface area contributed by atoms with E-state index in [1.807, 2.05) is 20.8 Å². The molecule has 0 spiro atoms. The summed E-state index contributed by atoms with van der Waals surface area (Å²) in [6, 6.07) is -2.38. The summed E-state index contributed by atoms with van der Waals surface area (Å²) in [7, 11) is -17.7. The SMILES string of the molecule is CC(C)CCC1(C)CN(C2CC2)C(=O)C(C2=NS(=O)(=O)c3c(CN(C(C(=O)O)C4=NS(=O)(=O)c5c(CNS(C)(=O)=O)csc5N4)S(C)(=O)=O)csc3N2)=C1O. The number of nitrogens with zero attached hydrogens (tertiary/aromatic N) is 4. The van der Waals surface area contributed by atoms with Gasteiger partial charge in [-0.15, -0.1) is 31.5 Å². The zero-order valence-electron chi connectivity index (χ0n) is 30.1. The number of amidine groups is 2. The molecule has 55 heavy (non-hydrogen) atoms. The van der Waals surface area contributed by atoms with Crippen LogP contribution in [0.2, 0.25) is 0 Å². The van der Waals surface area contributed by atoms with Gasteiger partial charge < -0.3 is 25.7 Å². The number of aliphatic hydroxyl groups is 1. The van der Waals surface area contributed by atoms with Crippen LogP contribution in [-0.2, 0) is 62.8 Å². The average Bonchev–Trinajstić information content (AvgIpc) is 3.66. The maximum Gasteiger partial charge on any atom is 0.329 e. The minimum atomic E-state index is -4.73. The molecule has 0 aromatic carbocycles. The number of carboxylic acids is 1. The summed E-state index contributed by atoms with van der Waals surface area (Å²) in [5.74, 6) is -3.67. The first-order chi connectivity index (χ1) is 25.3. The maximum atomic E-state index is 13.9. The number of nitrogens with one attached hydrogen (secondary N) is 3. The number of amides is 1. The van der Waals surface area contributed by atoms with Crippen molar-refractivity contribution in [2.45, 2.75) is 81.4 Å². The third kappa shape index (κ3) is 8.20. The van der Waals surface area contributed by atoms with Crippen molar-refractivity contribution in [3.8, 4) is 0 Å². The number of rotatable bonds is 14. The van der Waals surface area contributed by atoms with Gasteiger partial charge in [0.15, 0.2) is 17.7 Å². The van der Waals surface area contributed by atoms with Crippen molar-refractivity contribution in [3.05, 3.63) is 33.2 Å². The lowest BCUT2D eigenvalue weighted by atomic mass is 9.76. The Bertz CT molecular complexity index is 2520. The van der Waals surface area contributed by atoms with Crippen molar-refractivity contribution in [1.29, 1.82) is 0 Å². The molecule has 302 valence electrons. The van der Waals surface area contributed by atoms with Crippen LogP contribution in [0.25, 0.3) is 0 Å². The summed E-state index contributed by atoms with van der Waals surface area (Å²) in [5.41, 5.74) is -1.39. The predicted octanol–water partition coefficient (Wildman–Crippen LogP) is 2.06. The second-order valence-corrected chi connectivity index (χ2v) is 23.1. The maximum absolute atomic E-state index is 13.9. The van der Waals surface area contributed by atoms with Gasteiger partial charge >= 0.3 is 5.97 Å². The molecule has 0 saturated heterocycles. The fraction of sp³-hybridized carbons (Fsp3) is 0.533. The second kappa shape index (κ2) is 14.2. The van der Waals surface area contributed by atoms with Gasteiger partial charge in [0, 0.05) is 42.2 Å². The summed E-state index contributed by atoms with van der Waals surface area (Å²) in [6.45, 7) is 4.78. The van der Waals surface area contributed by atoms with Gasteiger partial charge in [0.05, 0.1) is 12.5 Å². The first-order valence-electron chi connectivity index (χ1n) is 16.7. The summed E-state index contributed by atoms with van der Waals surface area (Å²) >= 11 is 1.59. The van der Waals surface area contributed by atoms with Crippen molar-refractivity contribution in [2.24, 2.45) is 20.1 Å². The molecule has 1 saturated carbocycles. The van der Waals surface area contributed by atoms with Gasteiger partial charge in [0.2, 0.25) is 20.0 Å². The van der Waals surface area contributed by atoms with E-state index in [1.165, 1.54) is 10.8 Å². The Hall–Kier alpha value is -3.46. The third-order valence-corrected chi connectivity index (χ3v) is 16.2. The molecule has 1 aliphatic carbocycles. The number of aliphatic hydroxyl groups excluding tert-OH is 1. The molecule has 5 N–H and O–H groups in total. The van der Waals surface area contributed by atoms with Crippen molar-refractivity contribution in [3.63, 3.8) is 0 Å². The van der Waals surface area contributed by atoms with E-state index in [0.29, 0.717) is 17.0 Å². The number of hydrogen-bond acceptors (Lipinski definition) is 15. The fourth-order valence-corrected chi connectivity index (χ4v) is 13.1. The van der Waals surface area contributed by atoms with E-state index in [9.17, 15) is 53.5 Å². The van der Waals surface area contributed by atoms with Gasteiger partial charge in [-0.2, -0.15) is 21.1 Å². The van der Waals surface area contributed by atoms with Crippen molar-refractivity contribution < 1.29 is 53.5 Å². The van der Waals surface area contributed by atoms with E-state index >= 15 is 0 Å². The van der Waals surface area contributed by atoms with Crippen LogP contribution in [0.4, 0.5) is 10.0 Å². The first kappa shape index (κ1) is 41.2. The van der Waals surface area contributed by atoms with E-state index in [2.05, 4.69) is 24.2 Å². The Kier molecular flexibility index (Phi) is 10.6. The van der Waals surface area contributed by atoms with Crippen molar-refractivity contribution >= 4 is 96.3 Å². The summed E-state index contributed by atoms with van der Waals surface area (Å²) in [6.07, 6.45) is 4.27. The van der Waals surface area contributed by atoms with E-state index in [4.69, 9.17) is 0 Å². The topological polar surface area (TPSA) is 278 Å². The van der Waals surface area contributed by atoms with E-state index in [1.54, 1.807) is 4.90 Å². The van der Waals surface area contributed by atoms with Crippen LogP contribution >= 0.6 is 22.7 Å². The lowest BCUT2D eigenvalue weighted by Gasteiger charge is -2.41. The summed E-state index contributed by atoms with van der Waals surface area (Å²) in [5, 5.41) is 29.6. The molecule has 4 aliphatic rings. The summed E-state index contributed by atoms with van der Waals surface area (Å²) < 4.78 is 114. The van der Waals surface area contributed by atoms with Gasteiger partial charge in [-0.25, -0.2) is 26.4 Å². The van der Waals surface area contributed by atoms with Crippen LogP contribution in [0.5, 0.6) is 0 Å².